The van der Waals surface area contributed by atoms with Gasteiger partial charge in [-0.05, 0) is 24.5 Å². The molecule has 1 heterocycles. The number of carbonyl (C=O) groups excluding carboxylic acids is 1. The van der Waals surface area contributed by atoms with E-state index in [1.807, 2.05) is 35.2 Å². The van der Waals surface area contributed by atoms with Gasteiger partial charge in [-0.25, -0.2) is 0 Å². The molecule has 3 rings (SSSR count). The van der Waals surface area contributed by atoms with Crippen molar-refractivity contribution in [3.63, 3.8) is 0 Å². The van der Waals surface area contributed by atoms with Crippen molar-refractivity contribution in [1.29, 1.82) is 0 Å². The second-order valence-electron chi connectivity index (χ2n) is 4.77. The van der Waals surface area contributed by atoms with Crippen molar-refractivity contribution in [3.05, 3.63) is 35.9 Å². The van der Waals surface area contributed by atoms with Crippen molar-refractivity contribution in [3.8, 4) is 0 Å². The highest BCUT2D eigenvalue weighted by molar-refractivity contribution is 9.10. The number of nitrogens with zero attached hydrogens (tertiary/aromatic N) is 1. The van der Waals surface area contributed by atoms with E-state index < -0.39 is 0 Å². The number of hydrogen-bond donors (Lipinski definition) is 0. The number of likely N-dealkylation sites (tertiary alicyclic amines) is 1. The number of piperidine rings is 1. The fraction of sp³-hybridized carbons (Fsp3) is 0.462. The Labute approximate surface area is 118 Å². The van der Waals surface area contributed by atoms with Crippen LogP contribution in [-0.2, 0) is 0 Å². The SMILES string of the molecule is O=C(c1ccccc1)N1CC2CC(Br)C1C2Br. The zero-order valence-corrected chi connectivity index (χ0v) is 12.4. The molecule has 1 aromatic carbocycles. The summed E-state index contributed by atoms with van der Waals surface area (Å²) in [5, 5.41) is 0. The lowest BCUT2D eigenvalue weighted by Gasteiger charge is -2.30. The minimum absolute atomic E-state index is 0.159. The zero-order valence-electron chi connectivity index (χ0n) is 9.22. The molecule has 90 valence electrons. The minimum atomic E-state index is 0.159. The Bertz CT molecular complexity index is 436. The van der Waals surface area contributed by atoms with E-state index in [4.69, 9.17) is 0 Å². The van der Waals surface area contributed by atoms with Crippen molar-refractivity contribution in [1.82, 2.24) is 4.90 Å². The predicted octanol–water partition coefficient (Wildman–Crippen LogP) is 3.06. The number of rotatable bonds is 1. The first kappa shape index (κ1) is 11.7. The lowest BCUT2D eigenvalue weighted by molar-refractivity contribution is 0.0711. The highest BCUT2D eigenvalue weighted by atomic mass is 79.9. The van der Waals surface area contributed by atoms with Crippen LogP contribution in [0.1, 0.15) is 16.8 Å². The highest BCUT2D eigenvalue weighted by Gasteiger charge is 2.52. The third kappa shape index (κ3) is 1.85. The monoisotopic (exact) mass is 357 g/mol. The average molecular weight is 359 g/mol. The summed E-state index contributed by atoms with van der Waals surface area (Å²) in [6, 6.07) is 9.85. The number of hydrogen-bond acceptors (Lipinski definition) is 1. The lowest BCUT2D eigenvalue weighted by atomic mass is 10.1. The topological polar surface area (TPSA) is 20.3 Å². The maximum Gasteiger partial charge on any atom is 0.254 e. The van der Waals surface area contributed by atoms with Gasteiger partial charge in [-0.1, -0.05) is 50.1 Å². The van der Waals surface area contributed by atoms with E-state index in [1.165, 1.54) is 6.42 Å². The van der Waals surface area contributed by atoms with Gasteiger partial charge in [0, 0.05) is 21.8 Å². The van der Waals surface area contributed by atoms with Crippen molar-refractivity contribution < 1.29 is 4.79 Å². The van der Waals surface area contributed by atoms with Gasteiger partial charge in [-0.2, -0.15) is 0 Å². The van der Waals surface area contributed by atoms with E-state index in [0.717, 1.165) is 12.1 Å². The smallest absolute Gasteiger partial charge is 0.254 e. The molecule has 0 N–H and O–H groups in total. The number of carbonyl (C=O) groups is 1. The molecule has 1 aromatic rings. The molecule has 2 aliphatic rings. The molecule has 4 unspecified atom stereocenters. The Hall–Kier alpha value is -0.350. The van der Waals surface area contributed by atoms with Crippen LogP contribution in [0.2, 0.25) is 0 Å². The molecular formula is C13H13Br2NO. The number of amides is 1. The highest BCUT2D eigenvalue weighted by Crippen LogP contribution is 2.45. The molecule has 2 nitrogen and oxygen atoms in total. The fourth-order valence-corrected chi connectivity index (χ4v) is 5.46. The van der Waals surface area contributed by atoms with E-state index in [9.17, 15) is 4.79 Å². The van der Waals surface area contributed by atoms with Gasteiger partial charge in [0.15, 0.2) is 0 Å². The first-order chi connectivity index (χ1) is 8.18. The van der Waals surface area contributed by atoms with Crippen molar-refractivity contribution >= 4 is 37.8 Å². The number of halogens is 2. The van der Waals surface area contributed by atoms with Crippen LogP contribution in [0.5, 0.6) is 0 Å². The summed E-state index contributed by atoms with van der Waals surface area (Å²) in [5.74, 6) is 0.753. The van der Waals surface area contributed by atoms with Gasteiger partial charge in [-0.3, -0.25) is 4.79 Å². The van der Waals surface area contributed by atoms with Gasteiger partial charge < -0.3 is 4.90 Å². The van der Waals surface area contributed by atoms with Crippen molar-refractivity contribution in [2.24, 2.45) is 5.92 Å². The second kappa shape index (κ2) is 4.39. The molecule has 4 heteroatoms. The van der Waals surface area contributed by atoms with Gasteiger partial charge in [-0.15, -0.1) is 0 Å². The maximum atomic E-state index is 12.4. The van der Waals surface area contributed by atoms with Crippen molar-refractivity contribution in [2.45, 2.75) is 22.1 Å². The molecule has 1 aliphatic heterocycles. The standard InChI is InChI=1S/C13H13Br2NO/c14-10-6-9-7-16(12(10)11(9)15)13(17)8-4-2-1-3-5-8/h1-5,9-12H,6-7H2. The molecular weight excluding hydrogens is 346 g/mol. The molecule has 17 heavy (non-hydrogen) atoms. The first-order valence-corrected chi connectivity index (χ1v) is 7.66. The molecule has 4 atom stereocenters. The van der Waals surface area contributed by atoms with Crippen LogP contribution in [0.3, 0.4) is 0 Å². The van der Waals surface area contributed by atoms with Crippen LogP contribution in [0.15, 0.2) is 30.3 Å². The van der Waals surface area contributed by atoms with Gasteiger partial charge in [0.25, 0.3) is 5.91 Å². The van der Waals surface area contributed by atoms with E-state index in [-0.39, 0.29) is 5.91 Å². The van der Waals surface area contributed by atoms with Crippen molar-refractivity contribution in [2.75, 3.05) is 6.54 Å². The van der Waals surface area contributed by atoms with Gasteiger partial charge in [0.1, 0.15) is 0 Å². The molecule has 1 saturated heterocycles. The molecule has 0 aromatic heterocycles. The van der Waals surface area contributed by atoms with Crippen LogP contribution in [0, 0.1) is 5.92 Å². The first-order valence-electron chi connectivity index (χ1n) is 5.82. The van der Waals surface area contributed by atoms with Gasteiger partial charge >= 0.3 is 0 Å². The van der Waals surface area contributed by atoms with Crippen LogP contribution < -0.4 is 0 Å². The summed E-state index contributed by atoms with van der Waals surface area (Å²) in [7, 11) is 0. The summed E-state index contributed by atoms with van der Waals surface area (Å²) in [5.41, 5.74) is 0.791. The lowest BCUT2D eigenvalue weighted by Crippen LogP contribution is -2.43. The average Bonchev–Trinajstić information content (AvgIpc) is 2.81. The second-order valence-corrected chi connectivity index (χ2v) is 7.00. The van der Waals surface area contributed by atoms with Crippen LogP contribution >= 0.6 is 31.9 Å². The molecule has 1 saturated carbocycles. The van der Waals surface area contributed by atoms with Crippen LogP contribution in [0.4, 0.5) is 0 Å². The summed E-state index contributed by atoms with van der Waals surface area (Å²) in [4.78, 5) is 15.3. The molecule has 1 aliphatic carbocycles. The molecule has 1 amide bonds. The summed E-state index contributed by atoms with van der Waals surface area (Å²) >= 11 is 7.42. The Morgan fingerprint density at radius 1 is 1.24 bits per heavy atom. The Kier molecular flexibility index (Phi) is 3.03. The third-order valence-corrected chi connectivity index (χ3v) is 5.95. The molecule has 2 bridgehead atoms. The number of fused-ring (bicyclic) bond motifs is 2. The summed E-state index contributed by atoms with van der Waals surface area (Å²) < 4.78 is 0. The quantitative estimate of drug-likeness (QED) is 0.706. The normalized spacial score (nSPS) is 35.3. The van der Waals surface area contributed by atoms with E-state index in [0.29, 0.717) is 21.6 Å². The summed E-state index contributed by atoms with van der Waals surface area (Å²) in [6.45, 7) is 0.885. The largest absolute Gasteiger partial charge is 0.333 e. The molecule has 0 spiro atoms. The number of alkyl halides is 2. The van der Waals surface area contributed by atoms with E-state index >= 15 is 0 Å². The Morgan fingerprint density at radius 2 is 1.94 bits per heavy atom. The Morgan fingerprint density at radius 3 is 2.53 bits per heavy atom. The maximum absolute atomic E-state index is 12.4. The zero-order chi connectivity index (χ0) is 12.0. The minimum Gasteiger partial charge on any atom is -0.333 e. The predicted molar refractivity (Wildman–Crippen MR) is 74.8 cm³/mol. The van der Waals surface area contributed by atoms with Gasteiger partial charge in [0.2, 0.25) is 0 Å². The van der Waals surface area contributed by atoms with Crippen LogP contribution in [-0.4, -0.2) is 33.0 Å². The van der Waals surface area contributed by atoms with E-state index in [2.05, 4.69) is 31.9 Å². The molecule has 2 fully saturated rings. The van der Waals surface area contributed by atoms with Crippen LogP contribution in [0.25, 0.3) is 0 Å². The third-order valence-electron chi connectivity index (χ3n) is 3.75. The van der Waals surface area contributed by atoms with Gasteiger partial charge in [0.05, 0.1) is 6.04 Å². The van der Waals surface area contributed by atoms with E-state index in [1.54, 1.807) is 0 Å². The number of benzene rings is 1. The fourth-order valence-electron chi connectivity index (χ4n) is 2.92. The Balaban J connectivity index is 1.85. The summed E-state index contributed by atoms with van der Waals surface area (Å²) in [6.07, 6.45) is 1.17. The molecule has 0 radical (unpaired) electrons.